The zero-order chi connectivity index (χ0) is 32.1. The molecule has 5 aliphatic carbocycles. The molecule has 240 valence electrons. The first-order valence-corrected chi connectivity index (χ1v) is 17.4. The van der Waals surface area contributed by atoms with Gasteiger partial charge < -0.3 is 10.2 Å². The van der Waals surface area contributed by atoms with Crippen LogP contribution in [0.5, 0.6) is 0 Å². The minimum absolute atomic E-state index is 0.0246. The van der Waals surface area contributed by atoms with Crippen molar-refractivity contribution in [1.29, 1.82) is 0 Å². The van der Waals surface area contributed by atoms with E-state index in [1.54, 1.807) is 0 Å². The van der Waals surface area contributed by atoms with Crippen LogP contribution in [0.1, 0.15) is 124 Å². The van der Waals surface area contributed by atoms with Gasteiger partial charge in [-0.15, -0.1) is 0 Å². The van der Waals surface area contributed by atoms with Gasteiger partial charge in [0.1, 0.15) is 0 Å². The van der Waals surface area contributed by atoms with E-state index < -0.39 is 17.4 Å². The summed E-state index contributed by atoms with van der Waals surface area (Å²) in [5.74, 6) is 0.265. The van der Waals surface area contributed by atoms with Gasteiger partial charge >= 0.3 is 11.9 Å². The number of allylic oxidation sites excluding steroid dienone is 3. The highest BCUT2D eigenvalue weighted by Gasteiger charge is 2.73. The Morgan fingerprint density at radius 1 is 0.841 bits per heavy atom. The zero-order valence-electron chi connectivity index (χ0n) is 28.4. The number of hydrogen-bond donors (Lipinski definition) is 2. The number of carboxylic acid groups (broad SMARTS) is 2. The summed E-state index contributed by atoms with van der Waals surface area (Å²) in [7, 11) is 0. The van der Waals surface area contributed by atoms with E-state index in [-0.39, 0.29) is 39.4 Å². The average Bonchev–Trinajstić information content (AvgIpc) is 3.36. The molecule has 0 spiro atoms. The highest BCUT2D eigenvalue weighted by Crippen LogP contribution is 2.80. The van der Waals surface area contributed by atoms with E-state index in [2.05, 4.69) is 85.4 Å². The summed E-state index contributed by atoms with van der Waals surface area (Å²) in [5, 5.41) is 19.8. The first-order chi connectivity index (χ1) is 20.5. The van der Waals surface area contributed by atoms with Crippen LogP contribution < -0.4 is 0 Å². The monoisotopic (exact) mass is 600 g/mol. The first kappa shape index (κ1) is 31.6. The van der Waals surface area contributed by atoms with Gasteiger partial charge in [0.05, 0.1) is 5.41 Å². The second kappa shape index (κ2) is 10.1. The third kappa shape index (κ3) is 3.93. The zero-order valence-corrected chi connectivity index (χ0v) is 28.4. The number of aliphatic carboxylic acids is 2. The molecule has 4 heteroatoms. The normalized spacial score (nSPS) is 43.9. The van der Waals surface area contributed by atoms with Gasteiger partial charge in [-0.2, -0.15) is 0 Å². The van der Waals surface area contributed by atoms with Gasteiger partial charge in [0.2, 0.25) is 0 Å². The van der Waals surface area contributed by atoms with Gasteiger partial charge in [0.25, 0.3) is 0 Å². The molecular weight excluding hydrogens is 544 g/mol. The Labute approximate surface area is 265 Å². The van der Waals surface area contributed by atoms with Gasteiger partial charge in [-0.05, 0) is 139 Å². The second-order valence-electron chi connectivity index (χ2n) is 17.3. The van der Waals surface area contributed by atoms with E-state index in [1.807, 2.05) is 0 Å². The van der Waals surface area contributed by atoms with Crippen LogP contribution in [0.3, 0.4) is 0 Å². The van der Waals surface area contributed by atoms with Crippen molar-refractivity contribution in [3.63, 3.8) is 0 Å². The summed E-state index contributed by atoms with van der Waals surface area (Å²) < 4.78 is 0. The van der Waals surface area contributed by atoms with Crippen molar-refractivity contribution in [2.24, 2.45) is 56.2 Å². The second-order valence-corrected chi connectivity index (χ2v) is 17.3. The summed E-state index contributed by atoms with van der Waals surface area (Å²) in [4.78, 5) is 24.1. The average molecular weight is 601 g/mol. The standard InChI is InChI=1S/C40H56O4/c1-25(2)28-17-20-40(34(43)44)24-22-36(5)30(33(28)40)14-15-31-37(36,6)21-23-39(8)35(3,4)29(18-19-38(31,39)7)27-12-9-26(10-13-27)11-16-32(41)42/h9-10,12-13,18,28,30-31,33H,1,11,14-17,19-24H2,2-8H3,(H,41,42)(H,43,44). The van der Waals surface area contributed by atoms with Crippen molar-refractivity contribution >= 4 is 17.5 Å². The van der Waals surface area contributed by atoms with E-state index in [0.717, 1.165) is 44.1 Å². The largest absolute Gasteiger partial charge is 0.481 e. The highest BCUT2D eigenvalue weighted by molar-refractivity contribution is 5.76. The third-order valence-electron chi connectivity index (χ3n) is 16.1. The van der Waals surface area contributed by atoms with E-state index in [1.165, 1.54) is 36.0 Å². The van der Waals surface area contributed by atoms with Crippen LogP contribution >= 0.6 is 0 Å². The van der Waals surface area contributed by atoms with E-state index >= 15 is 0 Å². The lowest BCUT2D eigenvalue weighted by molar-refractivity contribution is -0.249. The molecular formula is C40H56O4. The maximum atomic E-state index is 13.0. The Balaban J connectivity index is 1.36. The first-order valence-electron chi connectivity index (χ1n) is 17.4. The number of carbonyl (C=O) groups is 2. The highest BCUT2D eigenvalue weighted by atomic mass is 16.4. The van der Waals surface area contributed by atoms with Crippen LogP contribution in [0.4, 0.5) is 0 Å². The lowest BCUT2D eigenvalue weighted by Gasteiger charge is -2.75. The van der Waals surface area contributed by atoms with Crippen LogP contribution in [-0.4, -0.2) is 22.2 Å². The number of hydrogen-bond acceptors (Lipinski definition) is 2. The Kier molecular flexibility index (Phi) is 7.23. The molecule has 9 atom stereocenters. The number of rotatable bonds is 6. The SMILES string of the molecule is C=C(C)C1CCC2(C(=O)O)CCC3(C)C(CCC4C3(C)CCC3(C)C(C)(C)C(c5ccc(CCC(=O)O)cc5)=CCC43C)C12. The number of aryl methyl sites for hydroxylation is 1. The van der Waals surface area contributed by atoms with Gasteiger partial charge in [-0.3, -0.25) is 9.59 Å². The summed E-state index contributed by atoms with van der Waals surface area (Å²) in [5.41, 5.74) is 4.94. The van der Waals surface area contributed by atoms with E-state index in [0.29, 0.717) is 24.2 Å². The van der Waals surface area contributed by atoms with Crippen molar-refractivity contribution in [3.8, 4) is 0 Å². The molecule has 5 aliphatic rings. The van der Waals surface area contributed by atoms with Crippen molar-refractivity contribution in [1.82, 2.24) is 0 Å². The molecule has 4 fully saturated rings. The van der Waals surface area contributed by atoms with Crippen LogP contribution in [0.15, 0.2) is 42.5 Å². The van der Waals surface area contributed by atoms with E-state index in [9.17, 15) is 14.7 Å². The van der Waals surface area contributed by atoms with Crippen molar-refractivity contribution < 1.29 is 19.8 Å². The summed E-state index contributed by atoms with van der Waals surface area (Å²) in [6.07, 6.45) is 12.7. The summed E-state index contributed by atoms with van der Waals surface area (Å²) in [6, 6.07) is 8.67. The van der Waals surface area contributed by atoms with Gasteiger partial charge in [0.15, 0.2) is 0 Å². The molecule has 4 saturated carbocycles. The van der Waals surface area contributed by atoms with Crippen LogP contribution in [-0.2, 0) is 16.0 Å². The van der Waals surface area contributed by atoms with Gasteiger partial charge in [-0.1, -0.05) is 84.0 Å². The van der Waals surface area contributed by atoms with Crippen molar-refractivity contribution in [2.45, 2.75) is 119 Å². The lowest BCUT2D eigenvalue weighted by Crippen LogP contribution is -2.68. The third-order valence-corrected chi connectivity index (χ3v) is 16.1. The minimum atomic E-state index is -0.752. The molecule has 9 unspecified atom stereocenters. The Bertz CT molecular complexity index is 1400. The Morgan fingerprint density at radius 2 is 1.50 bits per heavy atom. The minimum Gasteiger partial charge on any atom is -0.481 e. The fraction of sp³-hybridized carbons (Fsp3) is 0.700. The molecule has 0 heterocycles. The molecule has 44 heavy (non-hydrogen) atoms. The quantitative estimate of drug-likeness (QED) is 0.319. The molecule has 0 aliphatic heterocycles. The summed E-state index contributed by atoms with van der Waals surface area (Å²) in [6.45, 7) is 21.9. The number of benzene rings is 1. The van der Waals surface area contributed by atoms with Crippen LogP contribution in [0, 0.1) is 56.2 Å². The molecule has 6 rings (SSSR count). The summed E-state index contributed by atoms with van der Waals surface area (Å²) >= 11 is 0. The number of carboxylic acids is 2. The van der Waals surface area contributed by atoms with Crippen molar-refractivity contribution in [3.05, 3.63) is 53.6 Å². The van der Waals surface area contributed by atoms with Crippen molar-refractivity contribution in [2.75, 3.05) is 0 Å². The molecule has 0 aromatic heterocycles. The molecule has 0 bridgehead atoms. The maximum absolute atomic E-state index is 13.0. The van der Waals surface area contributed by atoms with Crippen LogP contribution in [0.2, 0.25) is 0 Å². The van der Waals surface area contributed by atoms with Gasteiger partial charge in [0, 0.05) is 6.42 Å². The Hall–Kier alpha value is -2.36. The molecule has 0 saturated heterocycles. The lowest BCUT2D eigenvalue weighted by atomic mass is 9.29. The predicted octanol–water partition coefficient (Wildman–Crippen LogP) is 9.83. The topological polar surface area (TPSA) is 74.6 Å². The smallest absolute Gasteiger partial charge is 0.309 e. The van der Waals surface area contributed by atoms with E-state index in [4.69, 9.17) is 5.11 Å². The van der Waals surface area contributed by atoms with Gasteiger partial charge in [-0.25, -0.2) is 0 Å². The fourth-order valence-corrected chi connectivity index (χ4v) is 12.8. The maximum Gasteiger partial charge on any atom is 0.309 e. The molecule has 4 nitrogen and oxygen atoms in total. The predicted molar refractivity (Wildman–Crippen MR) is 177 cm³/mol. The fourth-order valence-electron chi connectivity index (χ4n) is 12.8. The number of fused-ring (bicyclic) bond motifs is 7. The molecule has 1 aromatic carbocycles. The Morgan fingerprint density at radius 3 is 2.11 bits per heavy atom. The molecule has 0 radical (unpaired) electrons. The molecule has 1 aromatic rings. The molecule has 0 amide bonds. The molecule has 2 N–H and O–H groups in total. The van der Waals surface area contributed by atoms with Crippen LogP contribution in [0.25, 0.3) is 5.57 Å².